The fourth-order valence-electron chi connectivity index (χ4n) is 2.93. The first-order valence-corrected chi connectivity index (χ1v) is 7.80. The smallest absolute Gasteiger partial charge is 0.0401 e. The Morgan fingerprint density at radius 3 is 2.95 bits per heavy atom. The van der Waals surface area contributed by atoms with Gasteiger partial charge in [0.2, 0.25) is 0 Å². The van der Waals surface area contributed by atoms with Gasteiger partial charge in [0.05, 0.1) is 0 Å². The summed E-state index contributed by atoms with van der Waals surface area (Å²) in [6.45, 7) is 9.18. The van der Waals surface area contributed by atoms with Crippen LogP contribution in [0.1, 0.15) is 45.6 Å². The Labute approximate surface area is 118 Å². The number of anilines is 1. The van der Waals surface area contributed by atoms with Gasteiger partial charge in [0, 0.05) is 24.3 Å². The van der Waals surface area contributed by atoms with Crippen LogP contribution >= 0.6 is 0 Å². The third-order valence-electron chi connectivity index (χ3n) is 4.21. The molecule has 1 heterocycles. The average Bonchev–Trinajstić information content (AvgIpc) is 2.44. The molecule has 2 atom stereocenters. The van der Waals surface area contributed by atoms with Crippen molar-refractivity contribution in [3.63, 3.8) is 0 Å². The molecule has 1 aromatic rings. The highest BCUT2D eigenvalue weighted by molar-refractivity contribution is 5.56. The molecule has 2 unspecified atom stereocenters. The first-order valence-electron chi connectivity index (χ1n) is 7.80. The molecule has 19 heavy (non-hydrogen) atoms. The van der Waals surface area contributed by atoms with Crippen LogP contribution in [0.4, 0.5) is 5.69 Å². The Kier molecular flexibility index (Phi) is 5.26. The summed E-state index contributed by atoms with van der Waals surface area (Å²) in [5, 5.41) is 3.58. The summed E-state index contributed by atoms with van der Waals surface area (Å²) in [7, 11) is 0. The summed E-state index contributed by atoms with van der Waals surface area (Å²) in [4.78, 5) is 2.60. The van der Waals surface area contributed by atoms with Gasteiger partial charge in [0.1, 0.15) is 0 Å². The molecule has 0 spiro atoms. The Morgan fingerprint density at radius 2 is 2.16 bits per heavy atom. The van der Waals surface area contributed by atoms with Crippen LogP contribution in [0.3, 0.4) is 0 Å². The molecule has 1 aromatic carbocycles. The summed E-state index contributed by atoms with van der Waals surface area (Å²) < 4.78 is 0. The summed E-state index contributed by atoms with van der Waals surface area (Å²) in [5.41, 5.74) is 2.98. The molecule has 2 rings (SSSR count). The van der Waals surface area contributed by atoms with E-state index in [0.717, 1.165) is 13.1 Å². The minimum Gasteiger partial charge on any atom is -0.369 e. The molecule has 1 aliphatic rings. The Balaban J connectivity index is 1.95. The van der Waals surface area contributed by atoms with Crippen molar-refractivity contribution in [2.75, 3.05) is 18.0 Å². The van der Waals surface area contributed by atoms with E-state index >= 15 is 0 Å². The minimum absolute atomic E-state index is 0.612. The van der Waals surface area contributed by atoms with Crippen LogP contribution in [-0.2, 0) is 6.42 Å². The molecule has 2 heteroatoms. The number of hydrogen-bond acceptors (Lipinski definition) is 2. The topological polar surface area (TPSA) is 15.3 Å². The van der Waals surface area contributed by atoms with E-state index in [1.165, 1.54) is 36.9 Å². The van der Waals surface area contributed by atoms with Crippen LogP contribution in [0.5, 0.6) is 0 Å². The molecular weight excluding hydrogens is 232 g/mol. The highest BCUT2D eigenvalue weighted by Gasteiger charge is 2.22. The second kappa shape index (κ2) is 6.95. The molecule has 0 bridgehead atoms. The van der Waals surface area contributed by atoms with Crippen LogP contribution in [0.2, 0.25) is 0 Å². The van der Waals surface area contributed by atoms with Crippen LogP contribution < -0.4 is 10.2 Å². The highest BCUT2D eigenvalue weighted by Crippen LogP contribution is 2.30. The van der Waals surface area contributed by atoms with Crippen molar-refractivity contribution < 1.29 is 0 Å². The van der Waals surface area contributed by atoms with Crippen LogP contribution in [0.15, 0.2) is 24.3 Å². The van der Waals surface area contributed by atoms with Crippen molar-refractivity contribution >= 4 is 5.69 Å². The average molecular weight is 260 g/mol. The number of rotatable bonds is 6. The van der Waals surface area contributed by atoms with Crippen molar-refractivity contribution in [2.24, 2.45) is 0 Å². The quantitative estimate of drug-likeness (QED) is 0.840. The monoisotopic (exact) mass is 260 g/mol. The summed E-state index contributed by atoms with van der Waals surface area (Å²) in [6.07, 6.45) is 4.96. The minimum atomic E-state index is 0.612. The SMILES string of the molecule is CCCNC(C)CCN1c2ccccc2CCC1C. The number of benzene rings is 1. The third kappa shape index (κ3) is 3.73. The van der Waals surface area contributed by atoms with E-state index in [-0.39, 0.29) is 0 Å². The molecule has 0 amide bonds. The maximum Gasteiger partial charge on any atom is 0.0401 e. The Morgan fingerprint density at radius 1 is 1.37 bits per heavy atom. The first kappa shape index (κ1) is 14.4. The number of hydrogen-bond donors (Lipinski definition) is 1. The lowest BCUT2D eigenvalue weighted by Gasteiger charge is -2.37. The second-order valence-electron chi connectivity index (χ2n) is 5.85. The Hall–Kier alpha value is -1.02. The third-order valence-corrected chi connectivity index (χ3v) is 4.21. The van der Waals surface area contributed by atoms with Crippen LogP contribution in [0.25, 0.3) is 0 Å². The van der Waals surface area contributed by atoms with E-state index in [2.05, 4.69) is 55.3 Å². The summed E-state index contributed by atoms with van der Waals surface area (Å²) >= 11 is 0. The molecule has 1 N–H and O–H groups in total. The van der Waals surface area contributed by atoms with Gasteiger partial charge in [-0.2, -0.15) is 0 Å². The van der Waals surface area contributed by atoms with Gasteiger partial charge in [-0.25, -0.2) is 0 Å². The second-order valence-corrected chi connectivity index (χ2v) is 5.85. The number of nitrogens with one attached hydrogen (secondary N) is 1. The molecule has 0 aliphatic carbocycles. The molecule has 0 fully saturated rings. The fraction of sp³-hybridized carbons (Fsp3) is 0.647. The lowest BCUT2D eigenvalue weighted by Crippen LogP contribution is -2.40. The highest BCUT2D eigenvalue weighted by atomic mass is 15.2. The summed E-state index contributed by atoms with van der Waals surface area (Å²) in [5.74, 6) is 0. The van der Waals surface area contributed by atoms with E-state index in [4.69, 9.17) is 0 Å². The van der Waals surface area contributed by atoms with E-state index in [9.17, 15) is 0 Å². The summed E-state index contributed by atoms with van der Waals surface area (Å²) in [6, 6.07) is 10.2. The number of nitrogens with zero attached hydrogens (tertiary/aromatic N) is 1. The maximum absolute atomic E-state index is 3.58. The number of para-hydroxylation sites is 1. The lowest BCUT2D eigenvalue weighted by atomic mass is 9.96. The van der Waals surface area contributed by atoms with E-state index in [1.54, 1.807) is 0 Å². The van der Waals surface area contributed by atoms with Gasteiger partial charge in [-0.05, 0) is 57.7 Å². The largest absolute Gasteiger partial charge is 0.369 e. The maximum atomic E-state index is 3.58. The van der Waals surface area contributed by atoms with Gasteiger partial charge < -0.3 is 10.2 Å². The van der Waals surface area contributed by atoms with Gasteiger partial charge in [-0.15, -0.1) is 0 Å². The molecule has 0 saturated carbocycles. The number of fused-ring (bicyclic) bond motifs is 1. The predicted molar refractivity (Wildman–Crippen MR) is 83.9 cm³/mol. The zero-order valence-electron chi connectivity index (χ0n) is 12.7. The van der Waals surface area contributed by atoms with Gasteiger partial charge in [0.25, 0.3) is 0 Å². The van der Waals surface area contributed by atoms with Gasteiger partial charge in [-0.3, -0.25) is 0 Å². The fourth-order valence-corrected chi connectivity index (χ4v) is 2.93. The molecule has 0 aromatic heterocycles. The van der Waals surface area contributed by atoms with Crippen LogP contribution in [-0.4, -0.2) is 25.2 Å². The number of aryl methyl sites for hydroxylation is 1. The van der Waals surface area contributed by atoms with Crippen molar-refractivity contribution in [1.29, 1.82) is 0 Å². The van der Waals surface area contributed by atoms with E-state index in [1.807, 2.05) is 0 Å². The molecular formula is C17H28N2. The van der Waals surface area contributed by atoms with Gasteiger partial charge in [0.15, 0.2) is 0 Å². The molecule has 2 nitrogen and oxygen atoms in total. The van der Waals surface area contributed by atoms with Crippen molar-refractivity contribution in [1.82, 2.24) is 5.32 Å². The van der Waals surface area contributed by atoms with E-state index < -0.39 is 0 Å². The molecule has 1 aliphatic heterocycles. The normalized spacial score (nSPS) is 20.2. The van der Waals surface area contributed by atoms with Gasteiger partial charge in [-0.1, -0.05) is 25.1 Å². The first-order chi connectivity index (χ1) is 9.22. The molecule has 0 radical (unpaired) electrons. The van der Waals surface area contributed by atoms with E-state index in [0.29, 0.717) is 12.1 Å². The van der Waals surface area contributed by atoms with Gasteiger partial charge >= 0.3 is 0 Å². The zero-order chi connectivity index (χ0) is 13.7. The molecule has 0 saturated heterocycles. The van der Waals surface area contributed by atoms with Crippen molar-refractivity contribution in [2.45, 2.75) is 58.5 Å². The lowest BCUT2D eigenvalue weighted by molar-refractivity contribution is 0.482. The Bertz CT molecular complexity index is 389. The van der Waals surface area contributed by atoms with Crippen LogP contribution in [0, 0.1) is 0 Å². The molecule has 106 valence electrons. The predicted octanol–water partition coefficient (Wildman–Crippen LogP) is 3.61. The van der Waals surface area contributed by atoms with Crippen molar-refractivity contribution in [3.8, 4) is 0 Å². The van der Waals surface area contributed by atoms with Crippen molar-refractivity contribution in [3.05, 3.63) is 29.8 Å². The standard InChI is InChI=1S/C17H28N2/c1-4-12-18-14(2)11-13-19-15(3)9-10-16-7-5-6-8-17(16)19/h5-8,14-15,18H,4,9-13H2,1-3H3. The zero-order valence-corrected chi connectivity index (χ0v) is 12.7.